The minimum Gasteiger partial charge on any atom is -0.347 e. The van der Waals surface area contributed by atoms with E-state index >= 15 is 0 Å². The molecule has 0 aromatic heterocycles. The summed E-state index contributed by atoms with van der Waals surface area (Å²) in [6.07, 6.45) is 2.34. The van der Waals surface area contributed by atoms with Crippen LogP contribution in [-0.2, 0) is 14.3 Å². The van der Waals surface area contributed by atoms with Gasteiger partial charge in [-0.05, 0) is 12.1 Å². The van der Waals surface area contributed by atoms with Gasteiger partial charge in [0, 0.05) is 51.6 Å². The van der Waals surface area contributed by atoms with Crippen LogP contribution in [0.3, 0.4) is 0 Å². The van der Waals surface area contributed by atoms with Crippen molar-refractivity contribution in [3.8, 4) is 0 Å². The lowest BCUT2D eigenvalue weighted by atomic mass is 10.0. The molecule has 2 saturated heterocycles. The van der Waals surface area contributed by atoms with Gasteiger partial charge >= 0.3 is 0 Å². The predicted molar refractivity (Wildman–Crippen MR) is 84.8 cm³/mol. The van der Waals surface area contributed by atoms with E-state index in [-0.39, 0.29) is 11.7 Å². The molecule has 0 saturated carbocycles. The van der Waals surface area contributed by atoms with E-state index in [4.69, 9.17) is 9.47 Å². The molecule has 0 N–H and O–H groups in total. The third-order valence-corrected chi connectivity index (χ3v) is 4.59. The predicted octanol–water partition coefficient (Wildman–Crippen LogP) is 1.88. The van der Waals surface area contributed by atoms with E-state index in [9.17, 15) is 4.79 Å². The van der Waals surface area contributed by atoms with E-state index < -0.39 is 0 Å². The Morgan fingerprint density at radius 1 is 1.18 bits per heavy atom. The molecule has 120 valence electrons. The van der Waals surface area contributed by atoms with Crippen molar-refractivity contribution in [3.05, 3.63) is 30.3 Å². The van der Waals surface area contributed by atoms with Gasteiger partial charge in [-0.1, -0.05) is 18.2 Å². The van der Waals surface area contributed by atoms with Gasteiger partial charge < -0.3 is 19.3 Å². The maximum atomic E-state index is 12.3. The molecule has 0 radical (unpaired) electrons. The Kier molecular flexibility index (Phi) is 4.76. The number of carbonyl (C=O) groups is 1. The molecule has 2 aliphatic rings. The molecule has 22 heavy (non-hydrogen) atoms. The Hall–Kier alpha value is -1.43. The summed E-state index contributed by atoms with van der Waals surface area (Å²) < 4.78 is 11.5. The molecule has 2 fully saturated rings. The van der Waals surface area contributed by atoms with Crippen LogP contribution in [0.1, 0.15) is 19.3 Å². The van der Waals surface area contributed by atoms with E-state index in [2.05, 4.69) is 4.90 Å². The quantitative estimate of drug-likeness (QED) is 0.852. The first-order valence-electron chi connectivity index (χ1n) is 8.00. The molecule has 1 spiro atoms. The summed E-state index contributed by atoms with van der Waals surface area (Å²) in [5.74, 6) is -0.179. The van der Waals surface area contributed by atoms with Gasteiger partial charge in [0.05, 0.1) is 13.2 Å². The molecule has 0 unspecified atom stereocenters. The standard InChI is InChI=1S/C17H24N2O3/c1-18(15-5-3-2-4-6-15)16(20)7-10-19-11-8-17(9-12-19)21-13-14-22-17/h2-6H,7-14H2,1H3. The van der Waals surface area contributed by atoms with Crippen LogP contribution in [0.25, 0.3) is 0 Å². The minimum atomic E-state index is -0.332. The first kappa shape index (κ1) is 15.5. The Morgan fingerprint density at radius 3 is 2.45 bits per heavy atom. The summed E-state index contributed by atoms with van der Waals surface area (Å²) in [5, 5.41) is 0. The Bertz CT molecular complexity index is 490. The van der Waals surface area contributed by atoms with Crippen molar-refractivity contribution in [3.63, 3.8) is 0 Å². The van der Waals surface area contributed by atoms with Crippen molar-refractivity contribution in [2.75, 3.05) is 44.8 Å². The number of nitrogens with zero attached hydrogens (tertiary/aromatic N) is 2. The second-order valence-corrected chi connectivity index (χ2v) is 5.99. The highest BCUT2D eigenvalue weighted by Gasteiger charge is 2.39. The van der Waals surface area contributed by atoms with Gasteiger partial charge in [0.2, 0.25) is 5.91 Å². The molecule has 3 rings (SSSR count). The summed E-state index contributed by atoms with van der Waals surface area (Å²) in [4.78, 5) is 16.3. The van der Waals surface area contributed by atoms with Crippen molar-refractivity contribution in [1.82, 2.24) is 4.90 Å². The number of hydrogen-bond donors (Lipinski definition) is 0. The minimum absolute atomic E-state index is 0.153. The molecule has 1 aromatic rings. The van der Waals surface area contributed by atoms with Crippen molar-refractivity contribution < 1.29 is 14.3 Å². The third-order valence-electron chi connectivity index (χ3n) is 4.59. The topological polar surface area (TPSA) is 42.0 Å². The van der Waals surface area contributed by atoms with Gasteiger partial charge in [0.15, 0.2) is 5.79 Å². The van der Waals surface area contributed by atoms with E-state index in [0.717, 1.165) is 38.2 Å². The average Bonchev–Trinajstić information content (AvgIpc) is 3.02. The maximum absolute atomic E-state index is 12.3. The smallest absolute Gasteiger partial charge is 0.228 e. The number of amides is 1. The molecule has 5 nitrogen and oxygen atoms in total. The lowest BCUT2D eigenvalue weighted by molar-refractivity contribution is -0.185. The lowest BCUT2D eigenvalue weighted by Gasteiger charge is -2.37. The molecule has 5 heteroatoms. The van der Waals surface area contributed by atoms with Gasteiger partial charge in [-0.15, -0.1) is 0 Å². The number of hydrogen-bond acceptors (Lipinski definition) is 4. The van der Waals surface area contributed by atoms with E-state index in [1.807, 2.05) is 37.4 Å². The van der Waals surface area contributed by atoms with E-state index in [0.29, 0.717) is 19.6 Å². The number of benzene rings is 1. The Balaban J connectivity index is 1.44. The summed E-state index contributed by atoms with van der Waals surface area (Å²) >= 11 is 0. The summed E-state index contributed by atoms with van der Waals surface area (Å²) in [5.41, 5.74) is 0.942. The monoisotopic (exact) mass is 304 g/mol. The van der Waals surface area contributed by atoms with Crippen molar-refractivity contribution >= 4 is 11.6 Å². The highest BCUT2D eigenvalue weighted by molar-refractivity contribution is 5.92. The average molecular weight is 304 g/mol. The highest BCUT2D eigenvalue weighted by Crippen LogP contribution is 2.31. The van der Waals surface area contributed by atoms with Crippen LogP contribution in [0, 0.1) is 0 Å². The van der Waals surface area contributed by atoms with Crippen LogP contribution in [0.5, 0.6) is 0 Å². The molecule has 0 bridgehead atoms. The zero-order chi connectivity index (χ0) is 15.4. The highest BCUT2D eigenvalue weighted by atomic mass is 16.7. The molecule has 0 atom stereocenters. The number of rotatable bonds is 4. The normalized spacial score (nSPS) is 21.1. The number of carbonyl (C=O) groups excluding carboxylic acids is 1. The van der Waals surface area contributed by atoms with Gasteiger partial charge in [-0.2, -0.15) is 0 Å². The molecular formula is C17H24N2O3. The zero-order valence-electron chi connectivity index (χ0n) is 13.2. The van der Waals surface area contributed by atoms with Crippen LogP contribution < -0.4 is 4.90 Å². The number of anilines is 1. The van der Waals surface area contributed by atoms with Gasteiger partial charge in [-0.3, -0.25) is 4.79 Å². The van der Waals surface area contributed by atoms with Crippen molar-refractivity contribution in [1.29, 1.82) is 0 Å². The second-order valence-electron chi connectivity index (χ2n) is 5.99. The first-order valence-corrected chi connectivity index (χ1v) is 8.00. The second kappa shape index (κ2) is 6.77. The Morgan fingerprint density at radius 2 is 1.82 bits per heavy atom. The van der Waals surface area contributed by atoms with Crippen LogP contribution in [0.4, 0.5) is 5.69 Å². The largest absolute Gasteiger partial charge is 0.347 e. The zero-order valence-corrected chi connectivity index (χ0v) is 13.2. The molecular weight excluding hydrogens is 280 g/mol. The van der Waals surface area contributed by atoms with Crippen LogP contribution >= 0.6 is 0 Å². The fourth-order valence-electron chi connectivity index (χ4n) is 3.12. The summed E-state index contributed by atoms with van der Waals surface area (Å²) in [6, 6.07) is 9.77. The SMILES string of the molecule is CN(C(=O)CCN1CCC2(CC1)OCCO2)c1ccccc1. The van der Waals surface area contributed by atoms with Gasteiger partial charge in [-0.25, -0.2) is 0 Å². The van der Waals surface area contributed by atoms with E-state index in [1.54, 1.807) is 4.90 Å². The molecule has 0 aliphatic carbocycles. The van der Waals surface area contributed by atoms with E-state index in [1.165, 1.54) is 0 Å². The molecule has 1 aromatic carbocycles. The van der Waals surface area contributed by atoms with Gasteiger partial charge in [0.1, 0.15) is 0 Å². The van der Waals surface area contributed by atoms with Gasteiger partial charge in [0.25, 0.3) is 0 Å². The number of ether oxygens (including phenoxy) is 2. The lowest BCUT2D eigenvalue weighted by Crippen LogP contribution is -2.46. The van der Waals surface area contributed by atoms with Crippen LogP contribution in [0.2, 0.25) is 0 Å². The number of para-hydroxylation sites is 1. The third kappa shape index (κ3) is 3.48. The first-order chi connectivity index (χ1) is 10.7. The summed E-state index contributed by atoms with van der Waals surface area (Å²) in [6.45, 7) is 4.08. The fraction of sp³-hybridized carbons (Fsp3) is 0.588. The number of likely N-dealkylation sites (tertiary alicyclic amines) is 1. The fourth-order valence-corrected chi connectivity index (χ4v) is 3.12. The molecule has 1 amide bonds. The van der Waals surface area contributed by atoms with Crippen molar-refractivity contribution in [2.24, 2.45) is 0 Å². The Labute approximate surface area is 131 Å². The summed E-state index contributed by atoms with van der Waals surface area (Å²) in [7, 11) is 1.84. The van der Waals surface area contributed by atoms with Crippen LogP contribution in [-0.4, -0.2) is 56.5 Å². The maximum Gasteiger partial charge on any atom is 0.228 e. The van der Waals surface area contributed by atoms with Crippen LogP contribution in [0.15, 0.2) is 30.3 Å². The molecule has 2 heterocycles. The molecule has 2 aliphatic heterocycles. The van der Waals surface area contributed by atoms with Crippen molar-refractivity contribution in [2.45, 2.75) is 25.0 Å². The number of piperidine rings is 1.